The van der Waals surface area contributed by atoms with Gasteiger partial charge >= 0.3 is 0 Å². The van der Waals surface area contributed by atoms with Crippen molar-refractivity contribution in [1.29, 1.82) is 0 Å². The lowest BCUT2D eigenvalue weighted by Crippen LogP contribution is -2.29. The molecule has 1 N–H and O–H groups in total. The summed E-state index contributed by atoms with van der Waals surface area (Å²) in [5.74, 6) is -0.883. The van der Waals surface area contributed by atoms with Crippen LogP contribution in [-0.4, -0.2) is 23.4 Å². The molecule has 4 rings (SSSR count). The quantitative estimate of drug-likeness (QED) is 0.228. The number of halogens is 1. The molecule has 1 fully saturated rings. The topological polar surface area (TPSA) is 66.8 Å². The molecule has 0 aliphatic carbocycles. The van der Waals surface area contributed by atoms with E-state index in [-0.39, 0.29) is 16.7 Å². The molecule has 0 spiro atoms. The fourth-order valence-electron chi connectivity index (χ4n) is 4.39. The summed E-state index contributed by atoms with van der Waals surface area (Å²) in [6, 6.07) is 13.5. The fourth-order valence-corrected chi connectivity index (χ4v) is 5.44. The first-order chi connectivity index (χ1) is 16.5. The number of hydrogen-bond acceptors (Lipinski definition) is 5. The summed E-state index contributed by atoms with van der Waals surface area (Å²) < 4.78 is 5.80. The highest BCUT2D eigenvalue weighted by Crippen LogP contribution is 2.45. The van der Waals surface area contributed by atoms with Crippen molar-refractivity contribution in [3.63, 3.8) is 0 Å². The van der Waals surface area contributed by atoms with Gasteiger partial charge < -0.3 is 9.84 Å². The number of aryl methyl sites for hydroxylation is 1. The molecule has 5 nitrogen and oxygen atoms in total. The van der Waals surface area contributed by atoms with Crippen molar-refractivity contribution in [2.45, 2.75) is 46.1 Å². The molecule has 1 aliphatic heterocycles. The predicted octanol–water partition coefficient (Wildman–Crippen LogP) is 7.03. The molecule has 2 aromatic carbocycles. The van der Waals surface area contributed by atoms with Crippen molar-refractivity contribution in [1.82, 2.24) is 0 Å². The molecule has 1 aromatic heterocycles. The second-order valence-electron chi connectivity index (χ2n) is 9.51. The van der Waals surface area contributed by atoms with Crippen LogP contribution in [0.5, 0.6) is 5.75 Å². The zero-order chi connectivity index (χ0) is 25.5. The number of aliphatic hydroxyl groups is 1. The summed E-state index contributed by atoms with van der Waals surface area (Å²) in [7, 11) is 0. The van der Waals surface area contributed by atoms with Gasteiger partial charge in [-0.15, -0.1) is 11.3 Å². The lowest BCUT2D eigenvalue weighted by Gasteiger charge is -2.26. The molecule has 182 valence electrons. The van der Waals surface area contributed by atoms with E-state index in [0.717, 1.165) is 21.8 Å². The maximum absolute atomic E-state index is 13.4. The molecule has 0 bridgehead atoms. The Kier molecular flexibility index (Phi) is 6.80. The van der Waals surface area contributed by atoms with Gasteiger partial charge in [-0.1, -0.05) is 38.4 Å². The largest absolute Gasteiger partial charge is 0.507 e. The third kappa shape index (κ3) is 4.60. The van der Waals surface area contributed by atoms with Crippen LogP contribution in [-0.2, 0) is 15.0 Å². The Hall–Kier alpha value is -3.09. The number of benzene rings is 2. The summed E-state index contributed by atoms with van der Waals surface area (Å²) in [5, 5.41) is 13.9. The maximum Gasteiger partial charge on any atom is 0.300 e. The van der Waals surface area contributed by atoms with Crippen molar-refractivity contribution >= 4 is 46.1 Å². The minimum atomic E-state index is -0.750. The highest BCUT2D eigenvalue weighted by Gasteiger charge is 2.47. The zero-order valence-corrected chi connectivity index (χ0v) is 22.0. The molecule has 7 heteroatoms. The van der Waals surface area contributed by atoms with Gasteiger partial charge in [-0.05, 0) is 72.7 Å². The average molecular weight is 510 g/mol. The molecule has 3 aromatic rings. The van der Waals surface area contributed by atoms with Crippen LogP contribution in [0.1, 0.15) is 55.3 Å². The van der Waals surface area contributed by atoms with Gasteiger partial charge in [0.25, 0.3) is 11.7 Å². The Bertz CT molecular complexity index is 1320. The maximum atomic E-state index is 13.4. The minimum absolute atomic E-state index is 0.0656. The number of carbonyl (C=O) groups excluding carboxylic acids is 2. The minimum Gasteiger partial charge on any atom is -0.507 e. The first-order valence-electron chi connectivity index (χ1n) is 11.4. The normalized spacial score (nSPS) is 17.8. The molecule has 1 atom stereocenters. The Morgan fingerprint density at radius 1 is 1.14 bits per heavy atom. The number of anilines is 1. The van der Waals surface area contributed by atoms with Gasteiger partial charge in [-0.3, -0.25) is 14.5 Å². The summed E-state index contributed by atoms with van der Waals surface area (Å²) in [6.07, 6.45) is 0. The summed E-state index contributed by atoms with van der Waals surface area (Å²) in [5.41, 5.74) is 2.51. The van der Waals surface area contributed by atoms with E-state index in [1.807, 2.05) is 37.4 Å². The van der Waals surface area contributed by atoms with Gasteiger partial charge in [-0.2, -0.15) is 0 Å². The monoisotopic (exact) mass is 509 g/mol. The molecule has 1 unspecified atom stereocenters. The lowest BCUT2D eigenvalue weighted by atomic mass is 9.84. The van der Waals surface area contributed by atoms with Crippen molar-refractivity contribution in [3.8, 4) is 5.75 Å². The highest BCUT2D eigenvalue weighted by molar-refractivity contribution is 7.10. The van der Waals surface area contributed by atoms with Crippen LogP contribution < -0.4 is 9.64 Å². The molecule has 1 amide bonds. The summed E-state index contributed by atoms with van der Waals surface area (Å²) >= 11 is 7.57. The molecule has 1 aliphatic rings. The number of Topliss-reactive ketones (excluding diaryl/α,β-unsaturated/α-hetero) is 1. The third-order valence-corrected chi connectivity index (χ3v) is 7.20. The standard InChI is InChI=1S/C28H28ClNO4S/c1-6-34-21-12-9-17(15-19(21)28(3,4)5)25(31)23-24(22-8-7-13-35-22)30(27(33)26(23)32)20-11-10-18(29)14-16(20)2/h7-15,24,31H,6H2,1-5H3/b25-23-. The van der Waals surface area contributed by atoms with E-state index in [2.05, 4.69) is 20.8 Å². The van der Waals surface area contributed by atoms with Gasteiger partial charge in [-0.25, -0.2) is 0 Å². The number of ketones is 1. The van der Waals surface area contributed by atoms with Gasteiger partial charge in [0.15, 0.2) is 0 Å². The summed E-state index contributed by atoms with van der Waals surface area (Å²) in [6.45, 7) is 10.4. The van der Waals surface area contributed by atoms with Crippen LogP contribution in [0.25, 0.3) is 5.76 Å². The predicted molar refractivity (Wildman–Crippen MR) is 142 cm³/mol. The van der Waals surface area contributed by atoms with Crippen LogP contribution in [0.3, 0.4) is 0 Å². The van der Waals surface area contributed by atoms with Crippen LogP contribution in [0.2, 0.25) is 5.02 Å². The van der Waals surface area contributed by atoms with E-state index >= 15 is 0 Å². The van der Waals surface area contributed by atoms with E-state index in [1.54, 1.807) is 30.3 Å². The number of nitrogens with zero attached hydrogens (tertiary/aromatic N) is 1. The number of aliphatic hydroxyl groups excluding tert-OH is 1. The number of rotatable bonds is 5. The van der Waals surface area contributed by atoms with E-state index < -0.39 is 17.7 Å². The molecule has 0 saturated carbocycles. The lowest BCUT2D eigenvalue weighted by molar-refractivity contribution is -0.132. The molecular formula is C28H28ClNO4S. The fraction of sp³-hybridized carbons (Fsp3) is 0.286. The Labute approximate surface area is 214 Å². The first-order valence-corrected chi connectivity index (χ1v) is 12.7. The molecule has 35 heavy (non-hydrogen) atoms. The summed E-state index contributed by atoms with van der Waals surface area (Å²) in [4.78, 5) is 29.0. The van der Waals surface area contributed by atoms with Crippen LogP contribution in [0.4, 0.5) is 5.69 Å². The van der Waals surface area contributed by atoms with Gasteiger partial charge in [0.05, 0.1) is 12.2 Å². The SMILES string of the molecule is CCOc1ccc(/C(O)=C2/C(=O)C(=O)N(c3ccc(Cl)cc3C)C2c2cccs2)cc1C(C)(C)C. The number of carbonyl (C=O) groups is 2. The third-order valence-electron chi connectivity index (χ3n) is 6.04. The molecular weight excluding hydrogens is 482 g/mol. The number of ether oxygens (including phenoxy) is 1. The van der Waals surface area contributed by atoms with Gasteiger partial charge in [0, 0.05) is 26.7 Å². The Morgan fingerprint density at radius 3 is 2.49 bits per heavy atom. The first kappa shape index (κ1) is 25.0. The van der Waals surface area contributed by atoms with Crippen LogP contribution in [0.15, 0.2) is 59.5 Å². The molecule has 2 heterocycles. The average Bonchev–Trinajstić information content (AvgIpc) is 3.41. The Morgan fingerprint density at radius 2 is 1.89 bits per heavy atom. The zero-order valence-electron chi connectivity index (χ0n) is 20.4. The van der Waals surface area contributed by atoms with E-state index in [9.17, 15) is 14.7 Å². The second kappa shape index (κ2) is 9.51. The van der Waals surface area contributed by atoms with Crippen LogP contribution in [0, 0.1) is 6.92 Å². The highest BCUT2D eigenvalue weighted by atomic mass is 35.5. The number of thiophene rings is 1. The van der Waals surface area contributed by atoms with E-state index in [0.29, 0.717) is 22.9 Å². The molecule has 1 saturated heterocycles. The van der Waals surface area contributed by atoms with Crippen molar-refractivity contribution in [2.24, 2.45) is 0 Å². The Balaban J connectivity index is 1.93. The van der Waals surface area contributed by atoms with E-state index in [4.69, 9.17) is 16.3 Å². The van der Waals surface area contributed by atoms with Gasteiger partial charge in [0.2, 0.25) is 0 Å². The van der Waals surface area contributed by atoms with Crippen molar-refractivity contribution in [2.75, 3.05) is 11.5 Å². The smallest absolute Gasteiger partial charge is 0.300 e. The molecule has 0 radical (unpaired) electrons. The second-order valence-corrected chi connectivity index (χ2v) is 10.9. The number of amides is 1. The van der Waals surface area contributed by atoms with Crippen LogP contribution >= 0.6 is 22.9 Å². The van der Waals surface area contributed by atoms with Gasteiger partial charge in [0.1, 0.15) is 17.6 Å². The van der Waals surface area contributed by atoms with E-state index in [1.165, 1.54) is 16.2 Å². The number of hydrogen-bond donors (Lipinski definition) is 1. The van der Waals surface area contributed by atoms with Crippen molar-refractivity contribution < 1.29 is 19.4 Å². The van der Waals surface area contributed by atoms with Crippen molar-refractivity contribution in [3.05, 3.63) is 86.1 Å².